The Morgan fingerprint density at radius 3 is 1.00 bits per heavy atom. The molecule has 6 nitrogen and oxygen atoms in total. The van der Waals surface area contributed by atoms with E-state index in [2.05, 4.69) is 36.4 Å². The van der Waals surface area contributed by atoms with Gasteiger partial charge in [0.2, 0.25) is 0 Å². The fraction of sp³-hybridized carbons (Fsp3) is 0. The van der Waals surface area contributed by atoms with Crippen molar-refractivity contribution in [2.45, 2.75) is 0 Å². The van der Waals surface area contributed by atoms with Gasteiger partial charge in [-0.25, -0.2) is 0 Å². The third kappa shape index (κ3) is 5.03. The maximum absolute atomic E-state index is 4.89. The second kappa shape index (κ2) is 10.7. The Hall–Kier alpha value is -3.01. The van der Waals surface area contributed by atoms with E-state index in [0.29, 0.717) is 0 Å². The van der Waals surface area contributed by atoms with Crippen LogP contribution in [0.15, 0.2) is 128 Å². The molecule has 3 heterocycles. The molecule has 0 radical (unpaired) electrons. The average Bonchev–Trinajstić information content (AvgIpc) is 3.68. The topological polar surface area (TPSA) is 53.5 Å². The summed E-state index contributed by atoms with van der Waals surface area (Å²) in [5, 5.41) is 14.7. The molecular weight excluding hydrogens is 458 g/mol. The summed E-state index contributed by atoms with van der Waals surface area (Å²) in [7, 11) is -0.396. The fourth-order valence-electron chi connectivity index (χ4n) is 4.05. The summed E-state index contributed by atoms with van der Waals surface area (Å²) in [5.74, 6) is 0. The molecule has 164 valence electrons. The Balaban J connectivity index is 0.00000152. The minimum atomic E-state index is -0.396. The molecule has 8 heteroatoms. The predicted molar refractivity (Wildman–Crippen MR) is 136 cm³/mol. The molecule has 6 rings (SSSR count). The van der Waals surface area contributed by atoms with Crippen molar-refractivity contribution in [3.8, 4) is 33.8 Å². The van der Waals surface area contributed by atoms with Crippen molar-refractivity contribution >= 4 is 7.12 Å². The zero-order valence-electron chi connectivity index (χ0n) is 20.4. The quantitative estimate of drug-likeness (QED) is 0.344. The molecule has 0 N–H and O–H groups in total. The summed E-state index contributed by atoms with van der Waals surface area (Å²) in [5.41, 5.74) is 5.90. The molecular formula is C27H22BKN6. The summed E-state index contributed by atoms with van der Waals surface area (Å²) in [6, 6.07) is 36.6. The molecule has 0 atom stereocenters. The van der Waals surface area contributed by atoms with Crippen molar-refractivity contribution in [1.82, 2.24) is 29.1 Å². The third-order valence-electron chi connectivity index (χ3n) is 5.74. The van der Waals surface area contributed by atoms with E-state index < -0.39 is 7.12 Å². The summed E-state index contributed by atoms with van der Waals surface area (Å²) >= 11 is 0. The van der Waals surface area contributed by atoms with Gasteiger partial charge in [0.05, 0.1) is 17.1 Å². The first-order chi connectivity index (χ1) is 16.8. The van der Waals surface area contributed by atoms with E-state index >= 15 is 0 Å². The van der Waals surface area contributed by atoms with Gasteiger partial charge in [0.15, 0.2) is 0 Å². The standard InChI is InChI=1S/C27H21BN6.K.H/c1-4-10-22(11-5-1)25-16-19-32(29-25)28(33-20-17-26(30-33)23-12-6-2-7-13-23)34-21-18-27(31-34)24-14-8-3-9-15-24;;/h1-21H;;/q;+1;-1. The van der Waals surface area contributed by atoms with E-state index in [9.17, 15) is 0 Å². The first-order valence-electron chi connectivity index (χ1n) is 11.2. The van der Waals surface area contributed by atoms with Crippen LogP contribution in [0, 0.1) is 0 Å². The maximum atomic E-state index is 4.89. The number of hydrogen-bond acceptors (Lipinski definition) is 3. The second-order valence-corrected chi connectivity index (χ2v) is 7.99. The molecule has 0 bridgehead atoms. The molecule has 6 aromatic rings. The third-order valence-corrected chi connectivity index (χ3v) is 5.74. The Morgan fingerprint density at radius 1 is 0.429 bits per heavy atom. The zero-order chi connectivity index (χ0) is 22.7. The van der Waals surface area contributed by atoms with Crippen LogP contribution in [0.4, 0.5) is 0 Å². The van der Waals surface area contributed by atoms with Crippen molar-refractivity contribution in [2.75, 3.05) is 0 Å². The van der Waals surface area contributed by atoms with E-state index in [1.807, 2.05) is 105 Å². The van der Waals surface area contributed by atoms with Crippen molar-refractivity contribution in [2.24, 2.45) is 0 Å². The van der Waals surface area contributed by atoms with Crippen molar-refractivity contribution < 1.29 is 52.8 Å². The molecule has 0 spiro atoms. The van der Waals surface area contributed by atoms with Crippen molar-refractivity contribution in [3.63, 3.8) is 0 Å². The summed E-state index contributed by atoms with van der Waals surface area (Å²) in [6.07, 6.45) is 5.92. The number of rotatable bonds is 6. The Morgan fingerprint density at radius 2 is 0.714 bits per heavy atom. The van der Waals surface area contributed by atoms with Crippen LogP contribution in [-0.4, -0.2) is 36.2 Å². The predicted octanol–water partition coefficient (Wildman–Crippen LogP) is 2.32. The molecule has 0 saturated heterocycles. The van der Waals surface area contributed by atoms with E-state index in [-0.39, 0.29) is 52.8 Å². The Bertz CT molecular complexity index is 1330. The van der Waals surface area contributed by atoms with Crippen LogP contribution in [0.1, 0.15) is 1.43 Å². The summed E-state index contributed by atoms with van der Waals surface area (Å²) in [6.45, 7) is 0. The first kappa shape index (κ1) is 23.7. The van der Waals surface area contributed by atoms with E-state index in [4.69, 9.17) is 15.3 Å². The van der Waals surface area contributed by atoms with Crippen molar-refractivity contribution in [3.05, 3.63) is 128 Å². The molecule has 3 aromatic heterocycles. The van der Waals surface area contributed by atoms with Gasteiger partial charge < -0.3 is 1.43 Å². The molecule has 0 amide bonds. The monoisotopic (exact) mass is 480 g/mol. The average molecular weight is 480 g/mol. The van der Waals surface area contributed by atoms with Crippen LogP contribution in [0.3, 0.4) is 0 Å². The minimum Gasteiger partial charge on any atom is -1.00 e. The zero-order valence-corrected chi connectivity index (χ0v) is 22.5. The molecule has 0 aliphatic heterocycles. The van der Waals surface area contributed by atoms with Crippen LogP contribution in [0.2, 0.25) is 0 Å². The van der Waals surface area contributed by atoms with Crippen LogP contribution < -0.4 is 51.4 Å². The van der Waals surface area contributed by atoms with E-state index in [0.717, 1.165) is 33.8 Å². The van der Waals surface area contributed by atoms with Crippen LogP contribution in [-0.2, 0) is 0 Å². The molecule has 3 aromatic carbocycles. The van der Waals surface area contributed by atoms with Gasteiger partial charge in [-0.1, -0.05) is 91.0 Å². The summed E-state index contributed by atoms with van der Waals surface area (Å²) in [4.78, 5) is 0. The maximum Gasteiger partial charge on any atom is 1.00 e. The first-order valence-corrected chi connectivity index (χ1v) is 11.2. The van der Waals surface area contributed by atoms with Gasteiger partial charge in [0.1, 0.15) is 0 Å². The number of aromatic nitrogens is 6. The Kier molecular flexibility index (Phi) is 7.27. The van der Waals surface area contributed by atoms with Crippen LogP contribution >= 0.6 is 0 Å². The van der Waals surface area contributed by atoms with Gasteiger partial charge in [0, 0.05) is 35.3 Å². The van der Waals surface area contributed by atoms with E-state index in [1.54, 1.807) is 0 Å². The molecule has 0 aliphatic carbocycles. The minimum absolute atomic E-state index is 0. The van der Waals surface area contributed by atoms with Crippen molar-refractivity contribution in [1.29, 1.82) is 0 Å². The van der Waals surface area contributed by atoms with Crippen LogP contribution in [0.25, 0.3) is 33.8 Å². The SMILES string of the molecule is [H-].[K+].c1ccc(-c2ccn(B(n3ccc(-c4ccccc4)n3)n3ccc(-c4ccccc4)n3)n2)cc1. The van der Waals surface area contributed by atoms with Gasteiger partial charge in [-0.2, -0.15) is 15.3 Å². The van der Waals surface area contributed by atoms with Crippen LogP contribution in [0.5, 0.6) is 0 Å². The molecule has 35 heavy (non-hydrogen) atoms. The number of nitrogens with zero attached hydrogens (tertiary/aromatic N) is 6. The molecule has 0 aliphatic rings. The van der Waals surface area contributed by atoms with E-state index in [1.165, 1.54) is 0 Å². The smallest absolute Gasteiger partial charge is 1.00 e. The largest absolute Gasteiger partial charge is 1.00 e. The van der Waals surface area contributed by atoms with Gasteiger partial charge in [0.25, 0.3) is 0 Å². The Labute approximate surface area is 248 Å². The van der Waals surface area contributed by atoms with Gasteiger partial charge in [-0.05, 0) is 18.2 Å². The molecule has 0 saturated carbocycles. The summed E-state index contributed by atoms with van der Waals surface area (Å²) < 4.78 is 5.68. The van der Waals surface area contributed by atoms with Gasteiger partial charge in [-0.3, -0.25) is 13.8 Å². The number of benzene rings is 3. The molecule has 0 fully saturated rings. The number of hydrogen-bond donors (Lipinski definition) is 0. The molecule has 0 unspecified atom stereocenters. The normalized spacial score (nSPS) is 10.6. The van der Waals surface area contributed by atoms with Gasteiger partial charge in [-0.15, -0.1) is 0 Å². The fourth-order valence-corrected chi connectivity index (χ4v) is 4.05. The second-order valence-electron chi connectivity index (χ2n) is 7.99. The van der Waals surface area contributed by atoms with Gasteiger partial charge >= 0.3 is 58.5 Å².